The Bertz CT molecular complexity index is 734. The fraction of sp³-hybridized carbons (Fsp3) is 0.300. The molecule has 0 saturated heterocycles. The van der Waals surface area contributed by atoms with Crippen LogP contribution < -0.4 is 10.2 Å². The van der Waals surface area contributed by atoms with E-state index in [1.807, 2.05) is 54.6 Å². The molecule has 0 aliphatic heterocycles. The molecule has 1 atom stereocenters. The second kappa shape index (κ2) is 10.3. The summed E-state index contributed by atoms with van der Waals surface area (Å²) in [5, 5.41) is 8.93. The van der Waals surface area contributed by atoms with Gasteiger partial charge in [0.25, 0.3) is 5.91 Å². The van der Waals surface area contributed by atoms with E-state index >= 15 is 0 Å². The van der Waals surface area contributed by atoms with Gasteiger partial charge in [-0.25, -0.2) is 5.48 Å². The lowest BCUT2D eigenvalue weighted by atomic mass is 10.0. The lowest BCUT2D eigenvalue weighted by Crippen LogP contribution is -2.47. The van der Waals surface area contributed by atoms with E-state index in [4.69, 9.17) is 14.7 Å². The van der Waals surface area contributed by atoms with Crippen LogP contribution in [-0.2, 0) is 27.3 Å². The number of benzene rings is 2. The largest absolute Gasteiger partial charge is 0.497 e. The Morgan fingerprint density at radius 1 is 1.04 bits per heavy atom. The van der Waals surface area contributed by atoms with Crippen LogP contribution in [0.1, 0.15) is 11.1 Å². The third kappa shape index (κ3) is 6.09. The summed E-state index contributed by atoms with van der Waals surface area (Å²) in [6, 6.07) is 16.1. The second-order valence-corrected chi connectivity index (χ2v) is 6.02. The average molecular weight is 372 g/mol. The molecule has 7 heteroatoms. The van der Waals surface area contributed by atoms with Crippen LogP contribution in [0.15, 0.2) is 54.6 Å². The predicted octanol–water partition coefficient (Wildman–Crippen LogP) is 1.79. The summed E-state index contributed by atoms with van der Waals surface area (Å²) in [4.78, 5) is 25.9. The number of nitrogens with one attached hydrogen (secondary N) is 1. The first-order valence-electron chi connectivity index (χ1n) is 8.49. The molecule has 0 saturated carbocycles. The summed E-state index contributed by atoms with van der Waals surface area (Å²) in [6.45, 7) is 0.166. The van der Waals surface area contributed by atoms with Crippen molar-refractivity contribution in [1.82, 2.24) is 10.4 Å². The number of hydrogen-bond donors (Lipinski definition) is 2. The van der Waals surface area contributed by atoms with E-state index in [0.29, 0.717) is 18.7 Å². The predicted molar refractivity (Wildman–Crippen MR) is 99.3 cm³/mol. The molecule has 0 fully saturated rings. The van der Waals surface area contributed by atoms with Crippen molar-refractivity contribution in [1.29, 1.82) is 0 Å². The fourth-order valence-corrected chi connectivity index (χ4v) is 2.80. The van der Waals surface area contributed by atoms with Crippen LogP contribution in [0.2, 0.25) is 0 Å². The van der Waals surface area contributed by atoms with E-state index in [2.05, 4.69) is 0 Å². The summed E-state index contributed by atoms with van der Waals surface area (Å²) in [6.07, 6.45) is 0.377. The van der Waals surface area contributed by atoms with Crippen LogP contribution in [-0.4, -0.2) is 48.8 Å². The number of carbonyl (C=O) groups excluding carboxylic acids is 2. The number of rotatable bonds is 9. The smallest absolute Gasteiger partial charge is 0.323 e. The molecule has 0 aliphatic rings. The monoisotopic (exact) mass is 372 g/mol. The van der Waals surface area contributed by atoms with Crippen LogP contribution in [0.4, 0.5) is 0 Å². The van der Waals surface area contributed by atoms with Crippen molar-refractivity contribution >= 4 is 11.9 Å². The molecule has 0 aliphatic carbocycles. The molecule has 144 valence electrons. The highest BCUT2D eigenvalue weighted by Crippen LogP contribution is 2.17. The summed E-state index contributed by atoms with van der Waals surface area (Å²) in [5.74, 6) is -0.337. The first kappa shape index (κ1) is 20.4. The number of carbonyl (C=O) groups is 2. The van der Waals surface area contributed by atoms with Gasteiger partial charge in [-0.1, -0.05) is 42.5 Å². The van der Waals surface area contributed by atoms with Gasteiger partial charge in [-0.3, -0.25) is 19.7 Å². The zero-order valence-electron chi connectivity index (χ0n) is 15.4. The summed E-state index contributed by atoms with van der Waals surface area (Å²) in [7, 11) is 2.90. The molecule has 2 rings (SSSR count). The van der Waals surface area contributed by atoms with Crippen LogP contribution in [0, 0.1) is 0 Å². The van der Waals surface area contributed by atoms with Gasteiger partial charge in [0.15, 0.2) is 0 Å². The maximum absolute atomic E-state index is 12.4. The lowest BCUT2D eigenvalue weighted by molar-refractivity contribution is -0.148. The molecular weight excluding hydrogens is 348 g/mol. The van der Waals surface area contributed by atoms with E-state index in [0.717, 1.165) is 11.1 Å². The van der Waals surface area contributed by atoms with Gasteiger partial charge in [-0.05, 0) is 29.7 Å². The SMILES string of the molecule is COC(=O)[C@H](Cc1ccccc1)N(CC(=O)NO)Cc1ccc(OC)cc1. The highest BCUT2D eigenvalue weighted by molar-refractivity contribution is 5.80. The molecule has 2 N–H and O–H groups in total. The summed E-state index contributed by atoms with van der Waals surface area (Å²) < 4.78 is 10.1. The minimum absolute atomic E-state index is 0.158. The molecular formula is C20H24N2O5. The zero-order valence-corrected chi connectivity index (χ0v) is 15.4. The molecule has 7 nitrogen and oxygen atoms in total. The van der Waals surface area contributed by atoms with Crippen LogP contribution >= 0.6 is 0 Å². The minimum Gasteiger partial charge on any atom is -0.497 e. The number of hydroxylamine groups is 1. The highest BCUT2D eigenvalue weighted by Gasteiger charge is 2.29. The Morgan fingerprint density at radius 2 is 1.70 bits per heavy atom. The number of ether oxygens (including phenoxy) is 2. The van der Waals surface area contributed by atoms with Gasteiger partial charge in [0.05, 0.1) is 20.8 Å². The van der Waals surface area contributed by atoms with Crippen molar-refractivity contribution in [2.45, 2.75) is 19.0 Å². The molecule has 2 aromatic rings. The quantitative estimate of drug-likeness (QED) is 0.396. The number of amides is 1. The minimum atomic E-state index is -0.684. The normalized spacial score (nSPS) is 11.7. The van der Waals surface area contributed by atoms with Crippen LogP contribution in [0.5, 0.6) is 5.75 Å². The van der Waals surface area contributed by atoms with Crippen molar-refractivity contribution in [3.05, 3.63) is 65.7 Å². The van der Waals surface area contributed by atoms with Gasteiger partial charge in [0.1, 0.15) is 11.8 Å². The van der Waals surface area contributed by atoms with Crippen molar-refractivity contribution in [3.63, 3.8) is 0 Å². The summed E-state index contributed by atoms with van der Waals surface area (Å²) >= 11 is 0. The van der Waals surface area contributed by atoms with E-state index in [1.165, 1.54) is 7.11 Å². The molecule has 27 heavy (non-hydrogen) atoms. The standard InChI is InChI=1S/C20H24N2O5/c1-26-17-10-8-16(9-11-17)13-22(14-19(23)21-25)18(20(24)27-2)12-15-6-4-3-5-7-15/h3-11,18,25H,12-14H2,1-2H3,(H,21,23)/t18-/m0/s1. The Morgan fingerprint density at radius 3 is 2.26 bits per heavy atom. The molecule has 0 heterocycles. The van der Waals surface area contributed by atoms with Crippen molar-refractivity contribution < 1.29 is 24.3 Å². The Balaban J connectivity index is 2.27. The van der Waals surface area contributed by atoms with Crippen LogP contribution in [0.25, 0.3) is 0 Å². The first-order valence-corrected chi connectivity index (χ1v) is 8.49. The molecule has 0 bridgehead atoms. The van der Waals surface area contributed by atoms with Gasteiger partial charge in [-0.2, -0.15) is 0 Å². The van der Waals surface area contributed by atoms with Gasteiger partial charge >= 0.3 is 5.97 Å². The van der Waals surface area contributed by atoms with Gasteiger partial charge in [0.2, 0.25) is 0 Å². The van der Waals surface area contributed by atoms with Crippen molar-refractivity contribution in [2.24, 2.45) is 0 Å². The molecule has 0 radical (unpaired) electrons. The molecule has 0 spiro atoms. The van der Waals surface area contributed by atoms with Crippen molar-refractivity contribution in [3.8, 4) is 5.75 Å². The van der Waals surface area contributed by atoms with E-state index in [9.17, 15) is 9.59 Å². The first-order chi connectivity index (χ1) is 13.1. The van der Waals surface area contributed by atoms with Gasteiger partial charge < -0.3 is 9.47 Å². The van der Waals surface area contributed by atoms with E-state index < -0.39 is 17.9 Å². The third-order valence-corrected chi connectivity index (χ3v) is 4.20. The average Bonchev–Trinajstić information content (AvgIpc) is 2.72. The molecule has 0 unspecified atom stereocenters. The maximum atomic E-state index is 12.4. The van der Waals surface area contributed by atoms with Crippen LogP contribution in [0.3, 0.4) is 0 Å². The van der Waals surface area contributed by atoms with E-state index in [-0.39, 0.29) is 6.54 Å². The van der Waals surface area contributed by atoms with Crippen molar-refractivity contribution in [2.75, 3.05) is 20.8 Å². The molecule has 0 aromatic heterocycles. The lowest BCUT2D eigenvalue weighted by Gasteiger charge is -2.29. The highest BCUT2D eigenvalue weighted by atomic mass is 16.5. The zero-order chi connectivity index (χ0) is 19.6. The Labute approximate surface area is 158 Å². The van der Waals surface area contributed by atoms with Gasteiger partial charge in [0, 0.05) is 6.54 Å². The number of nitrogens with zero attached hydrogens (tertiary/aromatic N) is 1. The third-order valence-electron chi connectivity index (χ3n) is 4.20. The fourth-order valence-electron chi connectivity index (χ4n) is 2.80. The number of esters is 1. The number of methoxy groups -OCH3 is 2. The van der Waals surface area contributed by atoms with E-state index in [1.54, 1.807) is 17.5 Å². The molecule has 2 aromatic carbocycles. The van der Waals surface area contributed by atoms with Gasteiger partial charge in [-0.15, -0.1) is 0 Å². The topological polar surface area (TPSA) is 88.1 Å². The molecule has 1 amide bonds. The maximum Gasteiger partial charge on any atom is 0.323 e. The Hall–Kier alpha value is -2.90. The summed E-state index contributed by atoms with van der Waals surface area (Å²) in [5.41, 5.74) is 3.46. The Kier molecular flexibility index (Phi) is 7.79. The number of hydrogen-bond acceptors (Lipinski definition) is 6. The second-order valence-electron chi connectivity index (χ2n) is 6.02.